The van der Waals surface area contributed by atoms with E-state index >= 15 is 0 Å². The number of hydrogen-bond acceptors (Lipinski definition) is 5. The molecule has 1 aromatic heterocycles. The van der Waals surface area contributed by atoms with Gasteiger partial charge in [0.2, 0.25) is 5.88 Å². The van der Waals surface area contributed by atoms with E-state index < -0.39 is 9.84 Å². The standard InChI is InChI=1S/C11H17NO4S/c1-9(6-13)7-17(14,15)8-10-3-4-11(16-2)12-5-10/h3-5,9,13H,6-8H2,1-2H3/t9-/m0/s1. The van der Waals surface area contributed by atoms with Crippen LogP contribution in [0.1, 0.15) is 12.5 Å². The van der Waals surface area contributed by atoms with Gasteiger partial charge in [0.25, 0.3) is 0 Å². The van der Waals surface area contributed by atoms with Crippen molar-refractivity contribution in [1.82, 2.24) is 4.98 Å². The molecule has 17 heavy (non-hydrogen) atoms. The minimum Gasteiger partial charge on any atom is -0.481 e. The molecular weight excluding hydrogens is 242 g/mol. The summed E-state index contributed by atoms with van der Waals surface area (Å²) in [6.45, 7) is 1.57. The van der Waals surface area contributed by atoms with Gasteiger partial charge in [-0.05, 0) is 11.5 Å². The monoisotopic (exact) mass is 259 g/mol. The van der Waals surface area contributed by atoms with Crippen LogP contribution < -0.4 is 4.74 Å². The third kappa shape index (κ3) is 4.70. The largest absolute Gasteiger partial charge is 0.481 e. The maximum Gasteiger partial charge on any atom is 0.212 e. The molecule has 5 nitrogen and oxygen atoms in total. The number of pyridine rings is 1. The van der Waals surface area contributed by atoms with Gasteiger partial charge < -0.3 is 9.84 Å². The van der Waals surface area contributed by atoms with Crippen molar-refractivity contribution in [1.29, 1.82) is 0 Å². The molecule has 0 spiro atoms. The van der Waals surface area contributed by atoms with Crippen molar-refractivity contribution in [3.63, 3.8) is 0 Å². The number of aliphatic hydroxyl groups is 1. The van der Waals surface area contributed by atoms with Crippen LogP contribution in [0.5, 0.6) is 5.88 Å². The van der Waals surface area contributed by atoms with Gasteiger partial charge in [-0.3, -0.25) is 0 Å². The van der Waals surface area contributed by atoms with Crippen LogP contribution >= 0.6 is 0 Å². The lowest BCUT2D eigenvalue weighted by Crippen LogP contribution is -2.18. The summed E-state index contributed by atoms with van der Waals surface area (Å²) < 4.78 is 28.4. The summed E-state index contributed by atoms with van der Waals surface area (Å²) >= 11 is 0. The Morgan fingerprint density at radius 1 is 1.47 bits per heavy atom. The Kier molecular flexibility index (Phi) is 4.89. The molecule has 0 saturated carbocycles. The van der Waals surface area contributed by atoms with Crippen molar-refractivity contribution in [3.8, 4) is 5.88 Å². The maximum atomic E-state index is 11.8. The summed E-state index contributed by atoms with van der Waals surface area (Å²) in [4.78, 5) is 3.94. The predicted octanol–water partition coefficient (Wildman–Crippen LogP) is 0.633. The van der Waals surface area contributed by atoms with Gasteiger partial charge in [0.15, 0.2) is 9.84 Å². The second kappa shape index (κ2) is 5.97. The van der Waals surface area contributed by atoms with Crippen LogP contribution in [0, 0.1) is 5.92 Å². The van der Waals surface area contributed by atoms with Crippen molar-refractivity contribution < 1.29 is 18.3 Å². The van der Waals surface area contributed by atoms with Crippen molar-refractivity contribution in [2.75, 3.05) is 19.5 Å². The minimum absolute atomic E-state index is 0.0183. The zero-order valence-electron chi connectivity index (χ0n) is 9.96. The Balaban J connectivity index is 2.69. The highest BCUT2D eigenvalue weighted by atomic mass is 32.2. The van der Waals surface area contributed by atoms with E-state index in [0.29, 0.717) is 11.4 Å². The summed E-state index contributed by atoms with van der Waals surface area (Å²) in [5, 5.41) is 8.84. The van der Waals surface area contributed by atoms with E-state index in [1.54, 1.807) is 19.1 Å². The van der Waals surface area contributed by atoms with Gasteiger partial charge in [0.1, 0.15) is 0 Å². The van der Waals surface area contributed by atoms with E-state index in [-0.39, 0.29) is 24.0 Å². The second-order valence-electron chi connectivity index (χ2n) is 4.05. The van der Waals surface area contributed by atoms with Crippen LogP contribution in [0.3, 0.4) is 0 Å². The Hall–Kier alpha value is -1.14. The first-order chi connectivity index (χ1) is 7.96. The highest BCUT2D eigenvalue weighted by molar-refractivity contribution is 7.90. The molecule has 0 aliphatic carbocycles. The number of rotatable bonds is 6. The van der Waals surface area contributed by atoms with Crippen LogP contribution in [0.2, 0.25) is 0 Å². The summed E-state index contributed by atoms with van der Waals surface area (Å²) in [5.74, 6) is 0.130. The molecule has 0 unspecified atom stereocenters. The number of aromatic nitrogens is 1. The summed E-state index contributed by atoms with van der Waals surface area (Å²) in [5.41, 5.74) is 0.621. The number of nitrogens with zero attached hydrogens (tertiary/aromatic N) is 1. The molecule has 1 rings (SSSR count). The van der Waals surface area contributed by atoms with Crippen LogP contribution in [-0.4, -0.2) is 38.0 Å². The molecule has 0 aromatic carbocycles. The molecule has 0 bridgehead atoms. The molecule has 6 heteroatoms. The zero-order chi connectivity index (χ0) is 12.9. The van der Waals surface area contributed by atoms with Gasteiger partial charge in [-0.2, -0.15) is 0 Å². The molecule has 96 valence electrons. The zero-order valence-corrected chi connectivity index (χ0v) is 10.8. The third-order valence-corrected chi connectivity index (χ3v) is 4.09. The van der Waals surface area contributed by atoms with Gasteiger partial charge in [-0.25, -0.2) is 13.4 Å². The Morgan fingerprint density at radius 2 is 2.18 bits per heavy atom. The fourth-order valence-electron chi connectivity index (χ4n) is 1.42. The highest BCUT2D eigenvalue weighted by Gasteiger charge is 2.16. The highest BCUT2D eigenvalue weighted by Crippen LogP contribution is 2.12. The first-order valence-electron chi connectivity index (χ1n) is 5.27. The molecule has 0 radical (unpaired) electrons. The van der Waals surface area contributed by atoms with E-state index in [0.717, 1.165) is 0 Å². The third-order valence-electron chi connectivity index (χ3n) is 2.24. The smallest absolute Gasteiger partial charge is 0.212 e. The summed E-state index contributed by atoms with van der Waals surface area (Å²) in [7, 11) is -1.70. The van der Waals surface area contributed by atoms with E-state index in [2.05, 4.69) is 4.98 Å². The number of ether oxygens (including phenoxy) is 1. The average Bonchev–Trinajstić information content (AvgIpc) is 2.28. The predicted molar refractivity (Wildman–Crippen MR) is 64.5 cm³/mol. The van der Waals surface area contributed by atoms with Crippen molar-refractivity contribution in [3.05, 3.63) is 23.9 Å². The molecule has 0 aliphatic rings. The maximum absolute atomic E-state index is 11.8. The number of hydrogen-bond donors (Lipinski definition) is 1. The second-order valence-corrected chi connectivity index (χ2v) is 6.16. The van der Waals surface area contributed by atoms with Gasteiger partial charge >= 0.3 is 0 Å². The van der Waals surface area contributed by atoms with Gasteiger partial charge in [-0.1, -0.05) is 13.0 Å². The number of aliphatic hydroxyl groups excluding tert-OH is 1. The lowest BCUT2D eigenvalue weighted by Gasteiger charge is -2.09. The van der Waals surface area contributed by atoms with Crippen LogP contribution in [0.4, 0.5) is 0 Å². The minimum atomic E-state index is -3.21. The first kappa shape index (κ1) is 13.9. The number of sulfone groups is 1. The van der Waals surface area contributed by atoms with Gasteiger partial charge in [0.05, 0.1) is 18.6 Å². The van der Waals surface area contributed by atoms with Crippen LogP contribution in [-0.2, 0) is 15.6 Å². The van der Waals surface area contributed by atoms with Gasteiger partial charge in [-0.15, -0.1) is 0 Å². The Morgan fingerprint density at radius 3 is 2.65 bits per heavy atom. The lowest BCUT2D eigenvalue weighted by atomic mass is 10.2. The summed E-state index contributed by atoms with van der Waals surface area (Å²) in [6, 6.07) is 3.30. The Bertz CT molecular complexity index is 441. The SMILES string of the molecule is COc1ccc(CS(=O)(=O)C[C@@H](C)CO)cn1. The van der Waals surface area contributed by atoms with E-state index in [4.69, 9.17) is 9.84 Å². The quantitative estimate of drug-likeness (QED) is 0.811. The molecule has 0 fully saturated rings. The molecule has 1 N–H and O–H groups in total. The molecule has 0 amide bonds. The molecule has 0 saturated heterocycles. The van der Waals surface area contributed by atoms with Crippen molar-refractivity contribution in [2.24, 2.45) is 5.92 Å². The first-order valence-corrected chi connectivity index (χ1v) is 7.09. The van der Waals surface area contributed by atoms with E-state index in [1.807, 2.05) is 0 Å². The fourth-order valence-corrected chi connectivity index (χ4v) is 3.18. The molecule has 0 aliphatic heterocycles. The topological polar surface area (TPSA) is 76.5 Å². The van der Waals surface area contributed by atoms with Crippen molar-refractivity contribution in [2.45, 2.75) is 12.7 Å². The lowest BCUT2D eigenvalue weighted by molar-refractivity contribution is 0.249. The normalized spacial score (nSPS) is 13.4. The summed E-state index contributed by atoms with van der Waals surface area (Å²) in [6.07, 6.45) is 1.49. The van der Waals surface area contributed by atoms with Crippen LogP contribution in [0.15, 0.2) is 18.3 Å². The Labute approximate surface area is 101 Å². The molecule has 1 heterocycles. The van der Waals surface area contributed by atoms with Crippen molar-refractivity contribution >= 4 is 9.84 Å². The number of methoxy groups -OCH3 is 1. The average molecular weight is 259 g/mol. The molecule has 1 aromatic rings. The fraction of sp³-hybridized carbons (Fsp3) is 0.545. The van der Waals surface area contributed by atoms with E-state index in [9.17, 15) is 8.42 Å². The van der Waals surface area contributed by atoms with Gasteiger partial charge in [0, 0.05) is 18.9 Å². The van der Waals surface area contributed by atoms with Crippen LogP contribution in [0.25, 0.3) is 0 Å². The molecular formula is C11H17NO4S. The van der Waals surface area contributed by atoms with E-state index in [1.165, 1.54) is 13.3 Å². The molecule has 1 atom stereocenters.